The second kappa shape index (κ2) is 8.74. The summed E-state index contributed by atoms with van der Waals surface area (Å²) in [7, 11) is 1.33. The number of benzene rings is 1. The summed E-state index contributed by atoms with van der Waals surface area (Å²) in [5.41, 5.74) is 4.32. The molecule has 0 saturated heterocycles. The number of fused-ring (bicyclic) bond motifs is 2. The van der Waals surface area contributed by atoms with Gasteiger partial charge in [-0.3, -0.25) is 4.79 Å². The fourth-order valence-electron chi connectivity index (χ4n) is 4.04. The number of carbonyl (C=O) groups excluding carboxylic acids is 2. The van der Waals surface area contributed by atoms with Crippen LogP contribution in [0.4, 0.5) is 11.4 Å². The predicted molar refractivity (Wildman–Crippen MR) is 126 cm³/mol. The Bertz CT molecular complexity index is 1300. The van der Waals surface area contributed by atoms with Gasteiger partial charge in [0.05, 0.1) is 24.7 Å². The number of carbonyl (C=O) groups is 2. The zero-order valence-electron chi connectivity index (χ0n) is 18.7. The van der Waals surface area contributed by atoms with Gasteiger partial charge in [-0.1, -0.05) is 18.2 Å². The molecule has 0 spiro atoms. The van der Waals surface area contributed by atoms with Gasteiger partial charge in [-0.25, -0.2) is 9.78 Å². The van der Waals surface area contributed by atoms with Crippen molar-refractivity contribution in [3.8, 4) is 0 Å². The Labute approximate surface area is 186 Å². The summed E-state index contributed by atoms with van der Waals surface area (Å²) in [6.45, 7) is 5.97. The highest BCUT2D eigenvalue weighted by Gasteiger charge is 2.25. The van der Waals surface area contributed by atoms with Gasteiger partial charge in [0.2, 0.25) is 5.91 Å². The normalized spacial score (nSPS) is 11.3. The summed E-state index contributed by atoms with van der Waals surface area (Å²) in [6, 6.07) is 10.2. The minimum Gasteiger partial charge on any atom is -0.464 e. The second-order valence-corrected chi connectivity index (χ2v) is 8.05. The Kier molecular flexibility index (Phi) is 5.85. The molecule has 0 radical (unpaired) electrons. The lowest BCUT2D eigenvalue weighted by atomic mass is 10.1. The molecule has 3 aromatic heterocycles. The number of anilines is 2. The van der Waals surface area contributed by atoms with Crippen LogP contribution in [0.25, 0.3) is 21.9 Å². The molecule has 0 unspecified atom stereocenters. The first-order valence-corrected chi connectivity index (χ1v) is 10.6. The van der Waals surface area contributed by atoms with E-state index in [9.17, 15) is 9.59 Å². The van der Waals surface area contributed by atoms with E-state index < -0.39 is 5.97 Å². The molecule has 0 bridgehead atoms. The van der Waals surface area contributed by atoms with E-state index in [2.05, 4.69) is 26.7 Å². The van der Waals surface area contributed by atoms with Crippen molar-refractivity contribution in [3.05, 3.63) is 54.0 Å². The summed E-state index contributed by atoms with van der Waals surface area (Å²) in [6.07, 6.45) is 4.40. The first kappa shape index (κ1) is 21.4. The van der Waals surface area contributed by atoms with Crippen molar-refractivity contribution in [2.45, 2.75) is 39.8 Å². The van der Waals surface area contributed by atoms with E-state index in [-0.39, 0.29) is 17.6 Å². The third-order valence-electron chi connectivity index (χ3n) is 5.31. The maximum atomic E-state index is 12.8. The molecule has 0 atom stereocenters. The molecule has 0 aliphatic rings. The van der Waals surface area contributed by atoms with Crippen molar-refractivity contribution in [3.63, 3.8) is 0 Å². The standard InChI is InChI=1S/C24H27N5O3/c1-14(2)27-17-11-19-21(28-15(3)30)22(24(31)32-4)29(23(19)26-13-17)10-9-16-12-25-20-8-6-5-7-18(16)20/h5-8,11-14,25,27H,9-10H2,1-4H3,(H,28,30). The van der Waals surface area contributed by atoms with Crippen molar-refractivity contribution in [2.75, 3.05) is 17.7 Å². The van der Waals surface area contributed by atoms with Gasteiger partial charge in [-0.05, 0) is 38.0 Å². The Morgan fingerprint density at radius 3 is 2.72 bits per heavy atom. The maximum Gasteiger partial charge on any atom is 0.356 e. The van der Waals surface area contributed by atoms with Crippen LogP contribution in [0, 0.1) is 0 Å². The highest BCUT2D eigenvalue weighted by atomic mass is 16.5. The zero-order valence-corrected chi connectivity index (χ0v) is 18.7. The predicted octanol–water partition coefficient (Wildman–Crippen LogP) is 4.33. The molecule has 4 rings (SSSR count). The van der Waals surface area contributed by atoms with Gasteiger partial charge >= 0.3 is 5.97 Å². The van der Waals surface area contributed by atoms with E-state index >= 15 is 0 Å². The Morgan fingerprint density at radius 2 is 2.00 bits per heavy atom. The topological polar surface area (TPSA) is 101 Å². The number of nitrogens with zero attached hydrogens (tertiary/aromatic N) is 2. The fourth-order valence-corrected chi connectivity index (χ4v) is 4.04. The Morgan fingerprint density at radius 1 is 1.22 bits per heavy atom. The summed E-state index contributed by atoms with van der Waals surface area (Å²) in [5, 5.41) is 7.97. The number of H-pyrrole nitrogens is 1. The molecule has 0 aliphatic carbocycles. The molecule has 1 aromatic carbocycles. The molecular weight excluding hydrogens is 406 g/mol. The number of methoxy groups -OCH3 is 1. The second-order valence-electron chi connectivity index (χ2n) is 8.05. The Hall–Kier alpha value is -3.81. The fraction of sp³-hybridized carbons (Fsp3) is 0.292. The van der Waals surface area contributed by atoms with Crippen molar-refractivity contribution < 1.29 is 14.3 Å². The first-order valence-electron chi connectivity index (χ1n) is 10.6. The molecular formula is C24H27N5O3. The molecule has 32 heavy (non-hydrogen) atoms. The molecule has 3 heterocycles. The average Bonchev–Trinajstić information content (AvgIpc) is 3.30. The number of amides is 1. The maximum absolute atomic E-state index is 12.8. The molecule has 8 heteroatoms. The van der Waals surface area contributed by atoms with Crippen LogP contribution in [0.2, 0.25) is 0 Å². The van der Waals surface area contributed by atoms with Gasteiger partial charge in [0.15, 0.2) is 5.69 Å². The van der Waals surface area contributed by atoms with Crippen LogP contribution in [0.5, 0.6) is 0 Å². The summed E-state index contributed by atoms with van der Waals surface area (Å²) in [4.78, 5) is 32.7. The van der Waals surface area contributed by atoms with Crippen molar-refractivity contribution in [1.29, 1.82) is 0 Å². The SMILES string of the molecule is COC(=O)c1c(NC(C)=O)c2cc(NC(C)C)cnc2n1CCc1c[nH]c2ccccc12. The number of aryl methyl sites for hydroxylation is 2. The molecule has 1 amide bonds. The van der Waals surface area contributed by atoms with Crippen molar-refractivity contribution in [2.24, 2.45) is 0 Å². The van der Waals surface area contributed by atoms with Crippen LogP contribution in [-0.2, 0) is 22.5 Å². The van der Waals surface area contributed by atoms with Gasteiger partial charge in [0, 0.05) is 42.0 Å². The van der Waals surface area contributed by atoms with Gasteiger partial charge in [0.25, 0.3) is 0 Å². The highest BCUT2D eigenvalue weighted by molar-refractivity contribution is 6.11. The molecule has 3 N–H and O–H groups in total. The van der Waals surface area contributed by atoms with E-state index in [1.807, 2.05) is 48.9 Å². The van der Waals surface area contributed by atoms with E-state index in [0.29, 0.717) is 29.7 Å². The number of pyridine rings is 1. The van der Waals surface area contributed by atoms with E-state index in [1.54, 1.807) is 6.20 Å². The van der Waals surface area contributed by atoms with Crippen LogP contribution in [-0.4, -0.2) is 39.6 Å². The van der Waals surface area contributed by atoms with E-state index in [1.165, 1.54) is 14.0 Å². The van der Waals surface area contributed by atoms with Crippen LogP contribution in [0.1, 0.15) is 36.8 Å². The highest BCUT2D eigenvalue weighted by Crippen LogP contribution is 2.33. The average molecular weight is 434 g/mol. The number of rotatable bonds is 7. The molecule has 0 fully saturated rings. The molecule has 0 saturated carbocycles. The summed E-state index contributed by atoms with van der Waals surface area (Å²) < 4.78 is 6.90. The minimum absolute atomic E-state index is 0.211. The van der Waals surface area contributed by atoms with E-state index in [4.69, 9.17) is 4.74 Å². The number of aromatic amines is 1. The smallest absolute Gasteiger partial charge is 0.356 e. The number of hydrogen-bond acceptors (Lipinski definition) is 5. The van der Waals surface area contributed by atoms with Gasteiger partial charge in [0.1, 0.15) is 5.65 Å². The van der Waals surface area contributed by atoms with Crippen LogP contribution >= 0.6 is 0 Å². The zero-order chi connectivity index (χ0) is 22.8. The lowest BCUT2D eigenvalue weighted by molar-refractivity contribution is -0.114. The lowest BCUT2D eigenvalue weighted by Gasteiger charge is -2.11. The third-order valence-corrected chi connectivity index (χ3v) is 5.31. The molecule has 4 aromatic rings. The van der Waals surface area contributed by atoms with Crippen molar-refractivity contribution >= 4 is 45.2 Å². The third kappa shape index (κ3) is 4.03. The lowest BCUT2D eigenvalue weighted by Crippen LogP contribution is -2.16. The molecule has 8 nitrogen and oxygen atoms in total. The number of para-hydroxylation sites is 1. The Balaban J connectivity index is 1.83. The van der Waals surface area contributed by atoms with Crippen molar-refractivity contribution in [1.82, 2.24) is 14.5 Å². The van der Waals surface area contributed by atoms with E-state index in [0.717, 1.165) is 22.2 Å². The van der Waals surface area contributed by atoms with Crippen LogP contribution < -0.4 is 10.6 Å². The first-order chi connectivity index (χ1) is 15.4. The number of nitrogens with one attached hydrogen (secondary N) is 3. The molecule has 166 valence electrons. The monoisotopic (exact) mass is 433 g/mol. The number of esters is 1. The molecule has 0 aliphatic heterocycles. The minimum atomic E-state index is -0.524. The quantitative estimate of drug-likeness (QED) is 0.377. The van der Waals surface area contributed by atoms with Gasteiger partial charge < -0.3 is 24.9 Å². The number of hydrogen-bond donors (Lipinski definition) is 3. The van der Waals surface area contributed by atoms with Crippen LogP contribution in [0.3, 0.4) is 0 Å². The number of aromatic nitrogens is 3. The summed E-state index contributed by atoms with van der Waals surface area (Å²) in [5.74, 6) is -0.794. The van der Waals surface area contributed by atoms with Gasteiger partial charge in [-0.2, -0.15) is 0 Å². The number of ether oxygens (including phenoxy) is 1. The van der Waals surface area contributed by atoms with Crippen LogP contribution in [0.15, 0.2) is 42.7 Å². The largest absolute Gasteiger partial charge is 0.464 e. The summed E-state index contributed by atoms with van der Waals surface area (Å²) >= 11 is 0. The van der Waals surface area contributed by atoms with Gasteiger partial charge in [-0.15, -0.1) is 0 Å².